The summed E-state index contributed by atoms with van der Waals surface area (Å²) in [5.41, 5.74) is 4.52. The molecule has 2 aromatic carbocycles. The Bertz CT molecular complexity index is 1690. The van der Waals surface area contributed by atoms with Crippen LogP contribution in [-0.2, 0) is 10.0 Å². The summed E-state index contributed by atoms with van der Waals surface area (Å²) in [6.45, 7) is 3.66. The summed E-state index contributed by atoms with van der Waals surface area (Å²) < 4.78 is 32.5. The zero-order chi connectivity index (χ0) is 27.9. The van der Waals surface area contributed by atoms with Gasteiger partial charge in [0.05, 0.1) is 29.2 Å². The number of aryl methyl sites for hydroxylation is 2. The van der Waals surface area contributed by atoms with Crippen LogP contribution in [0.3, 0.4) is 0 Å². The predicted octanol–water partition coefficient (Wildman–Crippen LogP) is 5.21. The number of anilines is 2. The molecule has 0 aliphatic carbocycles. The number of aromatic nitrogens is 1. The third kappa shape index (κ3) is 5.36. The number of benzene rings is 2. The van der Waals surface area contributed by atoms with Gasteiger partial charge in [0, 0.05) is 17.4 Å². The zero-order valence-electron chi connectivity index (χ0n) is 21.4. The first-order valence-electron chi connectivity index (χ1n) is 12.0. The quantitative estimate of drug-likeness (QED) is 0.261. The summed E-state index contributed by atoms with van der Waals surface area (Å²) in [6, 6.07) is 19.0. The second-order valence-electron chi connectivity index (χ2n) is 9.41. The molecule has 0 amide bonds. The number of aromatic carboxylic acids is 1. The molecule has 9 nitrogen and oxygen atoms in total. The number of hydrogen-bond donors (Lipinski definition) is 3. The van der Waals surface area contributed by atoms with Crippen LogP contribution in [0.5, 0.6) is 0 Å². The van der Waals surface area contributed by atoms with Crippen molar-refractivity contribution in [3.63, 3.8) is 0 Å². The van der Waals surface area contributed by atoms with E-state index in [0.717, 1.165) is 34.3 Å². The van der Waals surface area contributed by atoms with E-state index >= 15 is 0 Å². The van der Waals surface area contributed by atoms with Gasteiger partial charge in [0.2, 0.25) is 10.0 Å². The molecule has 0 saturated carbocycles. The van der Waals surface area contributed by atoms with Crippen LogP contribution in [0.25, 0.3) is 11.3 Å². The topological polar surface area (TPSA) is 125 Å². The van der Waals surface area contributed by atoms with Crippen molar-refractivity contribution >= 4 is 44.7 Å². The second kappa shape index (κ2) is 10.2. The molecule has 0 bridgehead atoms. The van der Waals surface area contributed by atoms with E-state index in [4.69, 9.17) is 16.6 Å². The lowest BCUT2D eigenvalue weighted by Crippen LogP contribution is -2.29. The van der Waals surface area contributed by atoms with Crippen LogP contribution in [0.1, 0.15) is 45.0 Å². The van der Waals surface area contributed by atoms with Crippen LogP contribution in [0.2, 0.25) is 0 Å². The molecule has 0 radical (unpaired) electrons. The number of nitrogens with zero attached hydrogens (tertiary/aromatic N) is 2. The summed E-state index contributed by atoms with van der Waals surface area (Å²) >= 11 is 5.78. The molecule has 4 aromatic rings. The second-order valence-corrected chi connectivity index (χ2v) is 11.5. The van der Waals surface area contributed by atoms with Crippen LogP contribution in [0.4, 0.5) is 11.4 Å². The van der Waals surface area contributed by atoms with Gasteiger partial charge in [-0.3, -0.25) is 9.71 Å². The maximum atomic E-state index is 11.8. The zero-order valence-corrected chi connectivity index (χ0v) is 23.0. The van der Waals surface area contributed by atoms with E-state index in [9.17, 15) is 18.3 Å². The Balaban J connectivity index is 1.58. The molecule has 0 spiro atoms. The molecule has 5 rings (SSSR count). The molecule has 200 valence electrons. The summed E-state index contributed by atoms with van der Waals surface area (Å²) in [4.78, 5) is 17.9. The van der Waals surface area contributed by atoms with Gasteiger partial charge in [-0.2, -0.15) is 0 Å². The Labute approximate surface area is 231 Å². The molecule has 3 N–H and O–H groups in total. The molecule has 1 saturated heterocycles. The molecule has 1 aliphatic rings. The van der Waals surface area contributed by atoms with E-state index in [2.05, 4.69) is 15.0 Å². The first-order chi connectivity index (χ1) is 18.5. The van der Waals surface area contributed by atoms with Crippen LogP contribution in [0.15, 0.2) is 77.3 Å². The van der Waals surface area contributed by atoms with Crippen molar-refractivity contribution in [2.75, 3.05) is 15.9 Å². The lowest BCUT2D eigenvalue weighted by Gasteiger charge is -2.27. The van der Waals surface area contributed by atoms with Gasteiger partial charge in [0.15, 0.2) is 5.11 Å². The lowest BCUT2D eigenvalue weighted by molar-refractivity contribution is 0.0696. The molecule has 2 aromatic heterocycles. The van der Waals surface area contributed by atoms with Crippen molar-refractivity contribution in [2.24, 2.45) is 0 Å². The fraction of sp³-hybridized carbons (Fsp3) is 0.179. The monoisotopic (exact) mass is 562 g/mol. The normalized spacial score (nSPS) is 17.2. The van der Waals surface area contributed by atoms with Gasteiger partial charge in [-0.25, -0.2) is 13.2 Å². The number of thiocarbonyl (C=S) groups is 1. The SMILES string of the molecule is Cc1cc(N2C(=S)N[C@@H](c3ccccn3)[C@@H]2c2ccc(-c3ccc(C(=O)O)cc3C)o2)ccc1NS(C)(=O)=O. The Kier molecular flexibility index (Phi) is 6.87. The summed E-state index contributed by atoms with van der Waals surface area (Å²) in [5.74, 6) is 0.240. The Morgan fingerprint density at radius 2 is 1.87 bits per heavy atom. The van der Waals surface area contributed by atoms with Gasteiger partial charge in [-0.1, -0.05) is 12.1 Å². The fourth-order valence-corrected chi connectivity index (χ4v) is 5.74. The molecule has 1 aliphatic heterocycles. The highest BCUT2D eigenvalue weighted by atomic mass is 32.2. The van der Waals surface area contributed by atoms with Crippen molar-refractivity contribution in [1.82, 2.24) is 10.3 Å². The smallest absolute Gasteiger partial charge is 0.335 e. The minimum Gasteiger partial charge on any atom is -0.478 e. The molecule has 11 heteroatoms. The summed E-state index contributed by atoms with van der Waals surface area (Å²) in [6.07, 6.45) is 2.83. The highest BCUT2D eigenvalue weighted by Gasteiger charge is 2.42. The van der Waals surface area contributed by atoms with Crippen molar-refractivity contribution < 1.29 is 22.7 Å². The van der Waals surface area contributed by atoms with Gasteiger partial charge in [-0.15, -0.1) is 0 Å². The van der Waals surface area contributed by atoms with Crippen molar-refractivity contribution in [2.45, 2.75) is 25.9 Å². The minimum absolute atomic E-state index is 0.207. The number of carboxylic acid groups (broad SMARTS) is 1. The number of hydrogen-bond acceptors (Lipinski definition) is 6. The molecule has 0 unspecified atom stereocenters. The number of sulfonamides is 1. The molecule has 39 heavy (non-hydrogen) atoms. The average molecular weight is 563 g/mol. The van der Waals surface area contributed by atoms with Gasteiger partial charge < -0.3 is 19.7 Å². The van der Waals surface area contributed by atoms with Crippen LogP contribution >= 0.6 is 12.2 Å². The van der Waals surface area contributed by atoms with E-state index in [1.165, 1.54) is 0 Å². The largest absolute Gasteiger partial charge is 0.478 e. The number of carbonyl (C=O) groups is 1. The van der Waals surface area contributed by atoms with E-state index in [0.29, 0.717) is 22.3 Å². The number of pyridine rings is 1. The van der Waals surface area contributed by atoms with Gasteiger partial charge in [0.1, 0.15) is 17.6 Å². The van der Waals surface area contributed by atoms with Crippen LogP contribution < -0.4 is 14.9 Å². The molecule has 2 atom stereocenters. The molecule has 3 heterocycles. The third-order valence-electron chi connectivity index (χ3n) is 6.54. The average Bonchev–Trinajstić information content (AvgIpc) is 3.49. The van der Waals surface area contributed by atoms with Crippen molar-refractivity contribution in [1.29, 1.82) is 0 Å². The van der Waals surface area contributed by atoms with E-state index < -0.39 is 22.0 Å². The summed E-state index contributed by atoms with van der Waals surface area (Å²) in [7, 11) is -3.43. The molecule has 1 fully saturated rings. The number of nitrogens with one attached hydrogen (secondary N) is 2. The van der Waals surface area contributed by atoms with Crippen LogP contribution in [-0.4, -0.2) is 35.8 Å². The lowest BCUT2D eigenvalue weighted by atomic mass is 10.0. The highest BCUT2D eigenvalue weighted by Crippen LogP contribution is 2.43. The van der Waals surface area contributed by atoms with E-state index in [1.807, 2.05) is 55.1 Å². The first-order valence-corrected chi connectivity index (χ1v) is 14.3. The summed E-state index contributed by atoms with van der Waals surface area (Å²) in [5, 5.41) is 13.2. The Morgan fingerprint density at radius 3 is 2.51 bits per heavy atom. The number of furan rings is 1. The predicted molar refractivity (Wildman–Crippen MR) is 153 cm³/mol. The van der Waals surface area contributed by atoms with Gasteiger partial charge in [-0.05, 0) is 91.8 Å². The van der Waals surface area contributed by atoms with Gasteiger partial charge in [0.25, 0.3) is 0 Å². The molecular formula is C28H26N4O5S2. The first kappa shape index (κ1) is 26.4. The van der Waals surface area contributed by atoms with Crippen molar-refractivity contribution in [3.05, 3.63) is 101 Å². The Hall–Kier alpha value is -4.22. The fourth-order valence-electron chi connectivity index (χ4n) is 4.76. The highest BCUT2D eigenvalue weighted by molar-refractivity contribution is 7.92. The van der Waals surface area contributed by atoms with Crippen LogP contribution in [0, 0.1) is 13.8 Å². The standard InChI is InChI=1S/C28H26N4O5S2/c1-16-14-18(27(33)34)7-9-20(16)23-11-12-24(37-23)26-25(22-6-4-5-13-29-22)30-28(38)32(26)19-8-10-21(17(2)15-19)31-39(3,35)36/h4-15,25-26,31H,1-3H3,(H,30,38)(H,33,34)/t25-,26-/m0/s1. The maximum Gasteiger partial charge on any atom is 0.335 e. The van der Waals surface area contributed by atoms with E-state index in [-0.39, 0.29) is 11.6 Å². The maximum absolute atomic E-state index is 11.8. The van der Waals surface area contributed by atoms with Crippen molar-refractivity contribution in [3.8, 4) is 11.3 Å². The Morgan fingerprint density at radius 1 is 1.08 bits per heavy atom. The number of carboxylic acids is 1. The van der Waals surface area contributed by atoms with Gasteiger partial charge >= 0.3 is 5.97 Å². The minimum atomic E-state index is -3.43. The number of rotatable bonds is 7. The van der Waals surface area contributed by atoms with E-state index in [1.54, 1.807) is 36.5 Å². The third-order valence-corrected chi connectivity index (χ3v) is 7.44. The molecular weight excluding hydrogens is 536 g/mol.